The summed E-state index contributed by atoms with van der Waals surface area (Å²) in [5, 5.41) is 5.93. The Labute approximate surface area is 203 Å². The van der Waals surface area contributed by atoms with E-state index in [2.05, 4.69) is 44.3 Å². The van der Waals surface area contributed by atoms with E-state index in [1.807, 2.05) is 43.1 Å². The lowest BCUT2D eigenvalue weighted by molar-refractivity contribution is 0.0624. The molecule has 0 radical (unpaired) electrons. The molecule has 0 aliphatic carbocycles. The van der Waals surface area contributed by atoms with Crippen molar-refractivity contribution in [3.63, 3.8) is 0 Å². The van der Waals surface area contributed by atoms with Crippen LogP contribution in [0.25, 0.3) is 10.9 Å². The van der Waals surface area contributed by atoms with Crippen molar-refractivity contribution in [2.45, 2.75) is 31.2 Å². The van der Waals surface area contributed by atoms with E-state index in [1.54, 1.807) is 18.0 Å². The molecule has 1 fully saturated rings. The predicted molar refractivity (Wildman–Crippen MR) is 133 cm³/mol. The minimum atomic E-state index is 0.0424. The molecule has 0 bridgehead atoms. The van der Waals surface area contributed by atoms with Crippen molar-refractivity contribution in [2.24, 2.45) is 0 Å². The summed E-state index contributed by atoms with van der Waals surface area (Å²) in [6.45, 7) is 7.73. The molecule has 8 heteroatoms. The van der Waals surface area contributed by atoms with Crippen LogP contribution in [0, 0.1) is 13.8 Å². The molecular formula is C26H27N5O2S. The van der Waals surface area contributed by atoms with Gasteiger partial charge in [-0.2, -0.15) is 0 Å². The monoisotopic (exact) mass is 473 g/mol. The number of hydrogen-bond acceptors (Lipinski definition) is 7. The van der Waals surface area contributed by atoms with Crippen LogP contribution in [0.1, 0.15) is 32.9 Å². The van der Waals surface area contributed by atoms with Crippen LogP contribution in [0.2, 0.25) is 0 Å². The highest BCUT2D eigenvalue weighted by Gasteiger charge is 2.25. The number of rotatable bonds is 6. The fraction of sp³-hybridized carbons (Fsp3) is 0.308. The largest absolute Gasteiger partial charge is 0.361 e. The summed E-state index contributed by atoms with van der Waals surface area (Å²) in [5.41, 5.74) is 4.88. The molecule has 0 unspecified atom stereocenters. The Morgan fingerprint density at radius 3 is 2.56 bits per heavy atom. The smallest absolute Gasteiger partial charge is 0.256 e. The Bertz CT molecular complexity index is 1290. The molecule has 1 saturated heterocycles. The van der Waals surface area contributed by atoms with Gasteiger partial charge in [-0.05, 0) is 37.6 Å². The summed E-state index contributed by atoms with van der Waals surface area (Å²) >= 11 is 1.55. The molecule has 4 heterocycles. The van der Waals surface area contributed by atoms with Crippen molar-refractivity contribution in [1.29, 1.82) is 0 Å². The van der Waals surface area contributed by atoms with Crippen molar-refractivity contribution in [1.82, 2.24) is 24.9 Å². The number of piperazine rings is 1. The van der Waals surface area contributed by atoms with Crippen LogP contribution in [-0.2, 0) is 12.3 Å². The second kappa shape index (κ2) is 9.95. The van der Waals surface area contributed by atoms with E-state index < -0.39 is 0 Å². The van der Waals surface area contributed by atoms with Crippen LogP contribution in [0.5, 0.6) is 0 Å². The van der Waals surface area contributed by atoms with Crippen LogP contribution >= 0.6 is 11.8 Å². The molecule has 3 aromatic heterocycles. The molecular weight excluding hydrogens is 446 g/mol. The number of aromatic nitrogens is 3. The summed E-state index contributed by atoms with van der Waals surface area (Å²) in [5.74, 6) is 1.53. The molecule has 0 spiro atoms. The number of hydrogen-bond donors (Lipinski definition) is 0. The zero-order valence-corrected chi connectivity index (χ0v) is 20.2. The van der Waals surface area contributed by atoms with Gasteiger partial charge in [0.15, 0.2) is 0 Å². The molecule has 1 aliphatic rings. The number of carbonyl (C=O) groups excluding carboxylic acids is 1. The molecule has 1 amide bonds. The summed E-state index contributed by atoms with van der Waals surface area (Å²) in [4.78, 5) is 26.8. The Hall–Kier alpha value is -3.23. The van der Waals surface area contributed by atoms with Gasteiger partial charge in [0.25, 0.3) is 5.91 Å². The Morgan fingerprint density at radius 1 is 1.00 bits per heavy atom. The molecule has 1 aliphatic heterocycles. The van der Waals surface area contributed by atoms with Gasteiger partial charge in [-0.1, -0.05) is 29.4 Å². The maximum Gasteiger partial charge on any atom is 0.256 e. The molecule has 1 aromatic carbocycles. The standard InChI is InChI=1S/C26H27N5O2S/c1-18-23(19(2)33-29-18)17-34-25-22(9-5-11-28-25)26(32)31-14-12-30(13-15-31)16-21-7-3-6-20-8-4-10-27-24(20)21/h3-11H,12-17H2,1-2H3. The highest BCUT2D eigenvalue weighted by molar-refractivity contribution is 7.98. The molecule has 7 nitrogen and oxygen atoms in total. The average Bonchev–Trinajstić information content (AvgIpc) is 3.20. The zero-order valence-electron chi connectivity index (χ0n) is 19.4. The Kier molecular flexibility index (Phi) is 6.60. The van der Waals surface area contributed by atoms with Gasteiger partial charge in [0, 0.05) is 61.8 Å². The van der Waals surface area contributed by atoms with Gasteiger partial charge in [0.05, 0.1) is 16.8 Å². The van der Waals surface area contributed by atoms with Crippen molar-refractivity contribution < 1.29 is 9.32 Å². The maximum absolute atomic E-state index is 13.4. The first-order valence-corrected chi connectivity index (χ1v) is 12.4. The third-order valence-electron chi connectivity index (χ3n) is 6.31. The highest BCUT2D eigenvalue weighted by atomic mass is 32.2. The van der Waals surface area contributed by atoms with Crippen LogP contribution in [0.4, 0.5) is 0 Å². The normalized spacial score (nSPS) is 14.6. The van der Waals surface area contributed by atoms with E-state index in [9.17, 15) is 4.79 Å². The first-order valence-electron chi connectivity index (χ1n) is 11.4. The summed E-state index contributed by atoms with van der Waals surface area (Å²) in [6, 6.07) is 14.1. The van der Waals surface area contributed by atoms with Crippen molar-refractivity contribution in [2.75, 3.05) is 26.2 Å². The summed E-state index contributed by atoms with van der Waals surface area (Å²) in [7, 11) is 0. The third kappa shape index (κ3) is 4.69. The lowest BCUT2D eigenvalue weighted by Gasteiger charge is -2.35. The molecule has 0 N–H and O–H groups in total. The number of aryl methyl sites for hydroxylation is 2. The quantitative estimate of drug-likeness (QED) is 0.382. The van der Waals surface area contributed by atoms with E-state index in [-0.39, 0.29) is 5.91 Å². The SMILES string of the molecule is Cc1noc(C)c1CSc1ncccc1C(=O)N1CCN(Cc2cccc3cccnc23)CC1. The number of carbonyl (C=O) groups is 1. The molecule has 0 saturated carbocycles. The average molecular weight is 474 g/mol. The van der Waals surface area contributed by atoms with Gasteiger partial charge in [0.1, 0.15) is 10.8 Å². The molecule has 174 valence electrons. The van der Waals surface area contributed by atoms with E-state index in [0.29, 0.717) is 24.4 Å². The van der Waals surface area contributed by atoms with E-state index in [1.165, 1.54) is 5.56 Å². The number of thioether (sulfide) groups is 1. The number of benzene rings is 1. The van der Waals surface area contributed by atoms with Crippen molar-refractivity contribution >= 4 is 28.6 Å². The van der Waals surface area contributed by atoms with Gasteiger partial charge >= 0.3 is 0 Å². The Balaban J connectivity index is 1.23. The predicted octanol–water partition coefficient (Wildman–Crippen LogP) is 4.48. The number of amides is 1. The van der Waals surface area contributed by atoms with Gasteiger partial charge in [-0.25, -0.2) is 4.98 Å². The fourth-order valence-electron chi connectivity index (χ4n) is 4.33. The topological polar surface area (TPSA) is 75.4 Å². The third-order valence-corrected chi connectivity index (χ3v) is 7.34. The van der Waals surface area contributed by atoms with E-state index in [4.69, 9.17) is 4.52 Å². The van der Waals surface area contributed by atoms with Crippen LogP contribution in [0.3, 0.4) is 0 Å². The van der Waals surface area contributed by atoms with Crippen LogP contribution in [0.15, 0.2) is 64.4 Å². The zero-order chi connectivity index (χ0) is 23.5. The maximum atomic E-state index is 13.4. The van der Waals surface area contributed by atoms with Gasteiger partial charge in [0.2, 0.25) is 0 Å². The van der Waals surface area contributed by atoms with E-state index in [0.717, 1.165) is 52.6 Å². The highest BCUT2D eigenvalue weighted by Crippen LogP contribution is 2.28. The molecule has 4 aromatic rings. The number of pyridine rings is 2. The number of fused-ring (bicyclic) bond motifs is 1. The minimum absolute atomic E-state index is 0.0424. The number of para-hydroxylation sites is 1. The second-order valence-corrected chi connectivity index (χ2v) is 9.47. The minimum Gasteiger partial charge on any atom is -0.361 e. The van der Waals surface area contributed by atoms with Gasteiger partial charge in [-0.15, -0.1) is 11.8 Å². The lowest BCUT2D eigenvalue weighted by atomic mass is 10.1. The number of nitrogens with zero attached hydrogens (tertiary/aromatic N) is 5. The summed E-state index contributed by atoms with van der Waals surface area (Å²) < 4.78 is 5.27. The van der Waals surface area contributed by atoms with Gasteiger partial charge in [-0.3, -0.25) is 14.7 Å². The lowest BCUT2D eigenvalue weighted by Crippen LogP contribution is -2.48. The van der Waals surface area contributed by atoms with Gasteiger partial charge < -0.3 is 9.42 Å². The first kappa shape index (κ1) is 22.6. The fourth-order valence-corrected chi connectivity index (χ4v) is 5.47. The molecule has 34 heavy (non-hydrogen) atoms. The second-order valence-electron chi connectivity index (χ2n) is 8.51. The van der Waals surface area contributed by atoms with Crippen molar-refractivity contribution in [3.8, 4) is 0 Å². The molecule has 0 atom stereocenters. The van der Waals surface area contributed by atoms with E-state index >= 15 is 0 Å². The first-order chi connectivity index (χ1) is 16.6. The van der Waals surface area contributed by atoms with Crippen molar-refractivity contribution in [3.05, 3.63) is 83.0 Å². The molecule has 5 rings (SSSR count). The Morgan fingerprint density at radius 2 is 1.76 bits per heavy atom. The van der Waals surface area contributed by atoms with Crippen LogP contribution in [-0.4, -0.2) is 57.0 Å². The van der Waals surface area contributed by atoms with Crippen LogP contribution < -0.4 is 0 Å². The summed E-state index contributed by atoms with van der Waals surface area (Å²) in [6.07, 6.45) is 3.58.